The number of benzene rings is 2. The molecule has 2 aromatic carbocycles. The number of alkyl halides is 5. The van der Waals surface area contributed by atoms with Crippen molar-refractivity contribution < 1.29 is 35.3 Å². The summed E-state index contributed by atoms with van der Waals surface area (Å²) in [5.74, 6) is -4.84. The molecule has 2 aromatic rings. The van der Waals surface area contributed by atoms with Crippen LogP contribution in [0.2, 0.25) is 5.02 Å². The van der Waals surface area contributed by atoms with Crippen LogP contribution in [0.1, 0.15) is 28.8 Å². The summed E-state index contributed by atoms with van der Waals surface area (Å²) >= 11 is 5.77. The second kappa shape index (κ2) is 8.71. The number of carbonyl (C=O) groups is 1. The van der Waals surface area contributed by atoms with E-state index in [1.165, 1.54) is 4.90 Å². The molecule has 1 fully saturated rings. The molecule has 0 spiro atoms. The van der Waals surface area contributed by atoms with Gasteiger partial charge in [0.1, 0.15) is 5.82 Å². The Morgan fingerprint density at radius 2 is 1.79 bits per heavy atom. The lowest BCUT2D eigenvalue weighted by Gasteiger charge is -2.34. The smallest absolute Gasteiger partial charge is 0.370 e. The number of piperidine rings is 1. The van der Waals surface area contributed by atoms with Gasteiger partial charge in [0.05, 0.1) is 36.5 Å². The molecule has 1 aliphatic rings. The molecule has 180 valence electrons. The first-order chi connectivity index (χ1) is 15.1. The van der Waals surface area contributed by atoms with Crippen LogP contribution < -0.4 is 10.2 Å². The lowest BCUT2D eigenvalue weighted by atomic mass is 10.0. The summed E-state index contributed by atoms with van der Waals surface area (Å²) in [5, 5.41) is 1.59. The van der Waals surface area contributed by atoms with E-state index in [1.807, 2.05) is 0 Å². The molecule has 5 nitrogen and oxygen atoms in total. The minimum absolute atomic E-state index is 0.0645. The average molecular weight is 514 g/mol. The van der Waals surface area contributed by atoms with Gasteiger partial charge in [-0.2, -0.15) is 13.2 Å². The van der Waals surface area contributed by atoms with Gasteiger partial charge in [0.2, 0.25) is 0 Å². The molecular formula is C20H18ClF6N3O2S. The summed E-state index contributed by atoms with van der Waals surface area (Å²) in [4.78, 5) is 13.7. The number of halogens is 7. The first kappa shape index (κ1) is 25.2. The second-order valence-corrected chi connectivity index (χ2v) is 10.2. The summed E-state index contributed by atoms with van der Waals surface area (Å²) in [6.07, 6.45) is -5.07. The molecule has 0 saturated carbocycles. The number of nitrogens with one attached hydrogen (secondary N) is 2. The molecule has 1 saturated heterocycles. The van der Waals surface area contributed by atoms with E-state index in [4.69, 9.17) is 16.4 Å². The summed E-state index contributed by atoms with van der Waals surface area (Å²) in [5.41, 5.74) is -1.84. The molecule has 0 aromatic heterocycles. The van der Waals surface area contributed by atoms with Crippen LogP contribution in [0.15, 0.2) is 35.2 Å². The van der Waals surface area contributed by atoms with Gasteiger partial charge in [0.25, 0.3) is 11.8 Å². The molecule has 0 bridgehead atoms. The molecule has 1 aliphatic heterocycles. The van der Waals surface area contributed by atoms with E-state index in [-0.39, 0.29) is 30.0 Å². The van der Waals surface area contributed by atoms with Crippen molar-refractivity contribution in [2.24, 2.45) is 0 Å². The van der Waals surface area contributed by atoms with Crippen LogP contribution in [-0.2, 0) is 15.9 Å². The molecule has 1 heterocycles. The predicted octanol–water partition coefficient (Wildman–Crippen LogP) is 6.02. The minimum atomic E-state index is -4.85. The average Bonchev–Trinajstić information content (AvgIpc) is 2.67. The van der Waals surface area contributed by atoms with Gasteiger partial charge in [0.15, 0.2) is 0 Å². The zero-order valence-corrected chi connectivity index (χ0v) is 18.6. The van der Waals surface area contributed by atoms with Gasteiger partial charge in [-0.15, -0.1) is 0 Å². The van der Waals surface area contributed by atoms with Crippen LogP contribution in [0, 0.1) is 10.6 Å². The van der Waals surface area contributed by atoms with Gasteiger partial charge in [0, 0.05) is 37.9 Å². The van der Waals surface area contributed by atoms with Crippen LogP contribution >= 0.6 is 11.6 Å². The Labute approximate surface area is 190 Å². The quantitative estimate of drug-likeness (QED) is 0.491. The van der Waals surface area contributed by atoms with E-state index in [1.54, 1.807) is 0 Å². The van der Waals surface area contributed by atoms with Crippen LogP contribution in [-0.4, -0.2) is 35.4 Å². The number of carbonyl (C=O) groups excluding carboxylic acids is 1. The standard InChI is InChI=1S/C20H18ClF6N3O2S/c1-33(28,32)17-8-11(2-3-15(17)22)29-18(31)12-9-14(21)13(20(25,26)27)10-16(12)30-6-4-19(23,24)5-7-30/h2-3,8-10,28H,4-7H2,1H3,(H,29,31). The lowest BCUT2D eigenvalue weighted by molar-refractivity contribution is -0.137. The third-order valence-electron chi connectivity index (χ3n) is 5.08. The molecular weight excluding hydrogens is 496 g/mol. The molecule has 0 aliphatic carbocycles. The molecule has 2 N–H and O–H groups in total. The van der Waals surface area contributed by atoms with Gasteiger partial charge >= 0.3 is 6.18 Å². The van der Waals surface area contributed by atoms with Crippen molar-refractivity contribution in [2.75, 3.05) is 29.6 Å². The molecule has 3 rings (SSSR count). The van der Waals surface area contributed by atoms with E-state index >= 15 is 0 Å². The summed E-state index contributed by atoms with van der Waals surface area (Å²) in [6, 6.07) is 4.42. The number of hydrogen-bond acceptors (Lipinski definition) is 4. The second-order valence-electron chi connectivity index (χ2n) is 7.63. The normalized spacial score (nSPS) is 18.0. The molecule has 0 radical (unpaired) electrons. The maximum Gasteiger partial charge on any atom is 0.417 e. The zero-order valence-electron chi connectivity index (χ0n) is 17.0. The van der Waals surface area contributed by atoms with E-state index in [2.05, 4.69) is 5.32 Å². The van der Waals surface area contributed by atoms with Crippen LogP contribution in [0.5, 0.6) is 0 Å². The highest BCUT2D eigenvalue weighted by Gasteiger charge is 2.38. The number of hydrogen-bond donors (Lipinski definition) is 2. The SMILES string of the molecule is CS(=N)(=O)c1cc(NC(=O)c2cc(Cl)c(C(F)(F)F)cc2N2CCC(F)(F)CC2)ccc1F. The minimum Gasteiger partial charge on any atom is -0.370 e. The maximum atomic E-state index is 13.9. The Bertz CT molecular complexity index is 1190. The lowest BCUT2D eigenvalue weighted by Crippen LogP contribution is -2.40. The highest BCUT2D eigenvalue weighted by molar-refractivity contribution is 7.91. The third kappa shape index (κ3) is 5.72. The fourth-order valence-electron chi connectivity index (χ4n) is 3.38. The fourth-order valence-corrected chi connectivity index (χ4v) is 4.44. The summed E-state index contributed by atoms with van der Waals surface area (Å²) < 4.78 is 101. The fraction of sp³-hybridized carbons (Fsp3) is 0.350. The van der Waals surface area contributed by atoms with Crippen molar-refractivity contribution in [3.05, 3.63) is 52.3 Å². The zero-order chi connectivity index (χ0) is 24.8. The van der Waals surface area contributed by atoms with Gasteiger partial charge in [-0.25, -0.2) is 22.2 Å². The van der Waals surface area contributed by atoms with Gasteiger partial charge < -0.3 is 10.2 Å². The van der Waals surface area contributed by atoms with Crippen molar-refractivity contribution in [1.82, 2.24) is 0 Å². The number of anilines is 2. The van der Waals surface area contributed by atoms with Gasteiger partial charge in [-0.1, -0.05) is 11.6 Å². The molecule has 1 amide bonds. The Hall–Kier alpha value is -2.47. The van der Waals surface area contributed by atoms with E-state index in [0.717, 1.165) is 30.5 Å². The van der Waals surface area contributed by atoms with Gasteiger partial charge in [-0.3, -0.25) is 4.79 Å². The monoisotopic (exact) mass is 513 g/mol. The van der Waals surface area contributed by atoms with Crippen molar-refractivity contribution in [1.29, 1.82) is 4.78 Å². The van der Waals surface area contributed by atoms with Crippen LogP contribution in [0.25, 0.3) is 0 Å². The van der Waals surface area contributed by atoms with Crippen molar-refractivity contribution >= 4 is 38.6 Å². The van der Waals surface area contributed by atoms with Crippen LogP contribution in [0.3, 0.4) is 0 Å². The Kier molecular flexibility index (Phi) is 6.64. The molecule has 1 atom stereocenters. The first-order valence-electron chi connectivity index (χ1n) is 9.47. The molecule has 33 heavy (non-hydrogen) atoms. The Morgan fingerprint density at radius 1 is 1.18 bits per heavy atom. The van der Waals surface area contributed by atoms with Gasteiger partial charge in [-0.05, 0) is 30.3 Å². The number of nitrogens with zero attached hydrogens (tertiary/aromatic N) is 1. The van der Waals surface area contributed by atoms with Crippen molar-refractivity contribution in [2.45, 2.75) is 29.8 Å². The molecule has 13 heteroatoms. The number of amides is 1. The maximum absolute atomic E-state index is 13.9. The van der Waals surface area contributed by atoms with Crippen molar-refractivity contribution in [3.8, 4) is 0 Å². The van der Waals surface area contributed by atoms with Crippen LogP contribution in [0.4, 0.5) is 37.7 Å². The third-order valence-corrected chi connectivity index (χ3v) is 6.54. The highest BCUT2D eigenvalue weighted by Crippen LogP contribution is 2.40. The highest BCUT2D eigenvalue weighted by atomic mass is 35.5. The summed E-state index contributed by atoms with van der Waals surface area (Å²) in [6.45, 7) is -0.576. The Morgan fingerprint density at radius 3 is 2.33 bits per heavy atom. The van der Waals surface area contributed by atoms with E-state index < -0.39 is 61.9 Å². The van der Waals surface area contributed by atoms with E-state index in [0.29, 0.717) is 6.07 Å². The van der Waals surface area contributed by atoms with Crippen molar-refractivity contribution in [3.63, 3.8) is 0 Å². The molecule has 1 unspecified atom stereocenters. The largest absolute Gasteiger partial charge is 0.417 e. The topological polar surface area (TPSA) is 73.3 Å². The Balaban J connectivity index is 2.03. The first-order valence-corrected chi connectivity index (χ1v) is 11.8. The number of rotatable bonds is 4. The summed E-state index contributed by atoms with van der Waals surface area (Å²) in [7, 11) is -3.47. The van der Waals surface area contributed by atoms with E-state index in [9.17, 15) is 35.3 Å². The predicted molar refractivity (Wildman–Crippen MR) is 112 cm³/mol.